The number of furan rings is 1. The van der Waals surface area contributed by atoms with Crippen molar-refractivity contribution < 1.29 is 12.8 Å². The molecule has 1 saturated heterocycles. The molecule has 21 heavy (non-hydrogen) atoms. The van der Waals surface area contributed by atoms with Crippen LogP contribution in [0, 0.1) is 6.92 Å². The Labute approximate surface area is 125 Å². The second-order valence-corrected chi connectivity index (χ2v) is 7.56. The summed E-state index contributed by atoms with van der Waals surface area (Å²) in [7, 11) is -3.54. The van der Waals surface area contributed by atoms with Crippen LogP contribution in [0.4, 0.5) is 0 Å². The average molecular weight is 313 g/mol. The molecule has 0 unspecified atom stereocenters. The predicted octanol–water partition coefficient (Wildman–Crippen LogP) is 1.52. The van der Waals surface area contributed by atoms with Gasteiger partial charge in [-0.25, -0.2) is 13.4 Å². The number of aryl methyl sites for hydroxylation is 1. The van der Waals surface area contributed by atoms with Gasteiger partial charge in [-0.1, -0.05) is 6.42 Å². The zero-order chi connectivity index (χ0) is 14.9. The van der Waals surface area contributed by atoms with Gasteiger partial charge in [0.1, 0.15) is 16.4 Å². The van der Waals surface area contributed by atoms with Gasteiger partial charge in [-0.15, -0.1) is 4.83 Å². The summed E-state index contributed by atoms with van der Waals surface area (Å²) < 4.78 is 30.5. The highest BCUT2D eigenvalue weighted by Gasteiger charge is 2.26. The molecule has 1 aliphatic carbocycles. The van der Waals surface area contributed by atoms with Crippen molar-refractivity contribution in [3.8, 4) is 0 Å². The highest BCUT2D eigenvalue weighted by Crippen LogP contribution is 2.23. The highest BCUT2D eigenvalue weighted by atomic mass is 32.2. The Kier molecular flexibility index (Phi) is 4.35. The maximum atomic E-state index is 12.5. The Hall–Kier alpha value is -0.890. The summed E-state index contributed by atoms with van der Waals surface area (Å²) in [5.41, 5.74) is 0. The minimum Gasteiger partial charge on any atom is -0.464 e. The van der Waals surface area contributed by atoms with Crippen LogP contribution in [0.25, 0.3) is 0 Å². The first-order valence-corrected chi connectivity index (χ1v) is 9.13. The predicted molar refractivity (Wildman–Crippen MR) is 79.1 cm³/mol. The first-order chi connectivity index (χ1) is 10.0. The summed E-state index contributed by atoms with van der Waals surface area (Å²) in [5.74, 6) is 1.13. The van der Waals surface area contributed by atoms with Crippen molar-refractivity contribution in [2.45, 2.75) is 56.5 Å². The van der Waals surface area contributed by atoms with Crippen LogP contribution in [-0.4, -0.2) is 32.6 Å². The molecule has 0 amide bonds. The van der Waals surface area contributed by atoms with Crippen molar-refractivity contribution in [3.05, 3.63) is 17.6 Å². The first-order valence-electron chi connectivity index (χ1n) is 7.65. The van der Waals surface area contributed by atoms with Crippen LogP contribution in [0.1, 0.15) is 43.6 Å². The lowest BCUT2D eigenvalue weighted by molar-refractivity contribution is 0.200. The molecule has 2 heterocycles. The van der Waals surface area contributed by atoms with E-state index in [0.29, 0.717) is 24.1 Å². The molecule has 0 bridgehead atoms. The number of piperidine rings is 1. The third-order valence-corrected chi connectivity index (χ3v) is 5.44. The van der Waals surface area contributed by atoms with Gasteiger partial charge in [0.2, 0.25) is 0 Å². The van der Waals surface area contributed by atoms with Crippen LogP contribution in [0.15, 0.2) is 15.4 Å². The van der Waals surface area contributed by atoms with Crippen LogP contribution in [0.3, 0.4) is 0 Å². The van der Waals surface area contributed by atoms with Crippen LogP contribution in [-0.2, 0) is 16.6 Å². The van der Waals surface area contributed by atoms with E-state index in [1.54, 1.807) is 18.0 Å². The number of nitrogens with zero attached hydrogens (tertiary/aromatic N) is 1. The summed E-state index contributed by atoms with van der Waals surface area (Å²) in [4.78, 5) is 2.92. The molecular weight excluding hydrogens is 290 g/mol. The van der Waals surface area contributed by atoms with Gasteiger partial charge in [0.25, 0.3) is 10.0 Å². The topological polar surface area (TPSA) is 74.6 Å². The second-order valence-electron chi connectivity index (χ2n) is 5.93. The Bertz CT molecular complexity index is 587. The van der Waals surface area contributed by atoms with E-state index in [1.807, 2.05) is 0 Å². The van der Waals surface area contributed by atoms with Gasteiger partial charge >= 0.3 is 0 Å². The number of hydrogen-bond acceptors (Lipinski definition) is 5. The fraction of sp³-hybridized carbons (Fsp3) is 0.714. The zero-order valence-electron chi connectivity index (χ0n) is 12.4. The van der Waals surface area contributed by atoms with E-state index in [9.17, 15) is 8.42 Å². The molecule has 3 rings (SSSR count). The molecule has 0 spiro atoms. The number of hydrogen-bond donors (Lipinski definition) is 2. The Morgan fingerprint density at radius 1 is 1.29 bits per heavy atom. The van der Waals surface area contributed by atoms with Crippen molar-refractivity contribution in [2.75, 3.05) is 13.1 Å². The van der Waals surface area contributed by atoms with Crippen LogP contribution < -0.4 is 10.1 Å². The Balaban J connectivity index is 1.68. The van der Waals surface area contributed by atoms with Gasteiger partial charge in [0.05, 0.1) is 6.54 Å². The van der Waals surface area contributed by atoms with Crippen LogP contribution in [0.2, 0.25) is 0 Å². The molecule has 1 aromatic heterocycles. The molecule has 0 radical (unpaired) electrons. The lowest BCUT2D eigenvalue weighted by Crippen LogP contribution is -2.44. The molecule has 2 N–H and O–H groups in total. The molecule has 6 nitrogen and oxygen atoms in total. The van der Waals surface area contributed by atoms with Gasteiger partial charge in [0.15, 0.2) is 0 Å². The fourth-order valence-electron chi connectivity index (χ4n) is 2.61. The minimum atomic E-state index is -3.54. The molecule has 1 saturated carbocycles. The number of rotatable bonds is 6. The second kappa shape index (κ2) is 6.08. The fourth-order valence-corrected chi connectivity index (χ4v) is 3.94. The monoisotopic (exact) mass is 313 g/mol. The van der Waals surface area contributed by atoms with E-state index >= 15 is 0 Å². The van der Waals surface area contributed by atoms with Crippen molar-refractivity contribution in [1.29, 1.82) is 0 Å². The van der Waals surface area contributed by atoms with Crippen LogP contribution >= 0.6 is 0 Å². The normalized spacial score (nSPS) is 20.8. The van der Waals surface area contributed by atoms with Crippen molar-refractivity contribution >= 4 is 10.0 Å². The SMILES string of the molecule is Cc1oc(CNC2CC2)cc1S(=O)(=O)NN1CCCCC1. The molecule has 1 aromatic rings. The lowest BCUT2D eigenvalue weighted by atomic mass is 10.2. The van der Waals surface area contributed by atoms with Gasteiger partial charge in [-0.2, -0.15) is 0 Å². The quantitative estimate of drug-likeness (QED) is 0.833. The van der Waals surface area contributed by atoms with E-state index in [1.165, 1.54) is 19.3 Å². The Morgan fingerprint density at radius 2 is 2.00 bits per heavy atom. The van der Waals surface area contributed by atoms with E-state index in [-0.39, 0.29) is 4.90 Å². The largest absolute Gasteiger partial charge is 0.464 e. The molecule has 7 heteroatoms. The lowest BCUT2D eigenvalue weighted by Gasteiger charge is -2.26. The summed E-state index contributed by atoms with van der Waals surface area (Å²) in [6, 6.07) is 2.21. The summed E-state index contributed by atoms with van der Waals surface area (Å²) in [6.07, 6.45) is 5.62. The van der Waals surface area contributed by atoms with E-state index in [2.05, 4.69) is 10.1 Å². The van der Waals surface area contributed by atoms with Crippen molar-refractivity contribution in [1.82, 2.24) is 15.2 Å². The molecule has 1 aliphatic heterocycles. The van der Waals surface area contributed by atoms with Gasteiger partial charge in [-0.3, -0.25) is 0 Å². The molecule has 0 aromatic carbocycles. The molecule has 0 atom stereocenters. The van der Waals surface area contributed by atoms with Crippen molar-refractivity contribution in [2.24, 2.45) is 0 Å². The van der Waals surface area contributed by atoms with E-state index in [4.69, 9.17) is 4.42 Å². The summed E-state index contributed by atoms with van der Waals surface area (Å²) in [5, 5.41) is 5.11. The maximum absolute atomic E-state index is 12.5. The van der Waals surface area contributed by atoms with Gasteiger partial charge < -0.3 is 9.73 Å². The van der Waals surface area contributed by atoms with E-state index < -0.39 is 10.0 Å². The average Bonchev–Trinajstić information content (AvgIpc) is 3.19. The number of nitrogens with one attached hydrogen (secondary N) is 2. The smallest absolute Gasteiger partial charge is 0.256 e. The van der Waals surface area contributed by atoms with Gasteiger partial charge in [-0.05, 0) is 32.6 Å². The third kappa shape index (κ3) is 3.85. The first kappa shape index (κ1) is 15.0. The maximum Gasteiger partial charge on any atom is 0.256 e. The Morgan fingerprint density at radius 3 is 2.67 bits per heavy atom. The molecule has 2 fully saturated rings. The molecule has 2 aliphatic rings. The number of hydrazine groups is 1. The highest BCUT2D eigenvalue weighted by molar-refractivity contribution is 7.89. The third-order valence-electron chi connectivity index (χ3n) is 3.96. The summed E-state index contributed by atoms with van der Waals surface area (Å²) in [6.45, 7) is 3.83. The minimum absolute atomic E-state index is 0.251. The summed E-state index contributed by atoms with van der Waals surface area (Å²) >= 11 is 0. The number of sulfonamides is 1. The molecule has 118 valence electrons. The van der Waals surface area contributed by atoms with Gasteiger partial charge in [0, 0.05) is 25.2 Å². The van der Waals surface area contributed by atoms with Crippen molar-refractivity contribution in [3.63, 3.8) is 0 Å². The standard InChI is InChI=1S/C14H23N3O3S/c1-11-14(9-13(20-11)10-15-12-5-6-12)21(18,19)16-17-7-3-2-4-8-17/h9,12,15-16H,2-8,10H2,1H3. The van der Waals surface area contributed by atoms with Crippen LogP contribution in [0.5, 0.6) is 0 Å². The van der Waals surface area contributed by atoms with E-state index in [0.717, 1.165) is 25.9 Å². The molecular formula is C14H23N3O3S. The zero-order valence-corrected chi connectivity index (χ0v) is 13.2.